The van der Waals surface area contributed by atoms with E-state index in [0.29, 0.717) is 0 Å². The van der Waals surface area contributed by atoms with Crippen molar-refractivity contribution in [2.75, 3.05) is 26.7 Å². The number of unbranched alkanes of at least 4 members (excludes halogenated alkanes) is 1. The summed E-state index contributed by atoms with van der Waals surface area (Å²) in [5.74, 6) is 1.79. The molecular weight excluding hydrogens is 453 g/mol. The molecule has 0 radical (unpaired) electrons. The molecule has 0 spiro atoms. The Bertz CT molecular complexity index is 628. The Balaban J connectivity index is 0.00000364. The number of ether oxygens (including phenoxy) is 1. The van der Waals surface area contributed by atoms with Crippen molar-refractivity contribution in [1.29, 1.82) is 0 Å². The maximum Gasteiger partial charge on any atom is 0.190 e. The van der Waals surface area contributed by atoms with Crippen LogP contribution in [0.25, 0.3) is 0 Å². The summed E-state index contributed by atoms with van der Waals surface area (Å²) < 4.78 is 7.63. The summed E-state index contributed by atoms with van der Waals surface area (Å²) in [6.45, 7) is 5.57. The second-order valence-corrected chi connectivity index (χ2v) is 6.14. The van der Waals surface area contributed by atoms with Crippen molar-refractivity contribution in [3.8, 4) is 5.75 Å². The van der Waals surface area contributed by atoms with E-state index in [2.05, 4.69) is 39.8 Å². The Kier molecular flexibility index (Phi) is 12.3. The van der Waals surface area contributed by atoms with Crippen molar-refractivity contribution in [3.63, 3.8) is 0 Å². The van der Waals surface area contributed by atoms with Gasteiger partial charge in [0.25, 0.3) is 0 Å². The van der Waals surface area contributed by atoms with E-state index in [0.717, 1.165) is 63.6 Å². The second-order valence-electron chi connectivity index (χ2n) is 6.14. The summed E-state index contributed by atoms with van der Waals surface area (Å²) in [4.78, 5) is 4.26. The number of rotatable bonds is 11. The number of nitrogens with one attached hydrogen (secondary N) is 2. The highest BCUT2D eigenvalue weighted by molar-refractivity contribution is 14.0. The van der Waals surface area contributed by atoms with E-state index in [-0.39, 0.29) is 24.0 Å². The van der Waals surface area contributed by atoms with E-state index in [1.807, 2.05) is 29.1 Å². The quantitative estimate of drug-likeness (QED) is 0.222. The highest BCUT2D eigenvalue weighted by atomic mass is 127. The first-order chi connectivity index (χ1) is 12.8. The summed E-state index contributed by atoms with van der Waals surface area (Å²) >= 11 is 0. The summed E-state index contributed by atoms with van der Waals surface area (Å²) in [6.07, 6.45) is 7.98. The lowest BCUT2D eigenvalue weighted by Crippen LogP contribution is -2.39. The number of benzene rings is 1. The summed E-state index contributed by atoms with van der Waals surface area (Å²) in [5.41, 5.74) is 1.29. The van der Waals surface area contributed by atoms with Crippen LogP contribution in [0.3, 0.4) is 0 Å². The summed E-state index contributed by atoms with van der Waals surface area (Å²) in [5, 5.41) is 10.9. The molecule has 0 atom stereocenters. The maximum absolute atomic E-state index is 5.69. The zero-order chi connectivity index (χ0) is 18.5. The number of aryl methyl sites for hydroxylation is 1. The predicted octanol–water partition coefficient (Wildman–Crippen LogP) is 3.48. The fourth-order valence-electron chi connectivity index (χ4n) is 2.51. The first-order valence-electron chi connectivity index (χ1n) is 9.45. The van der Waals surface area contributed by atoms with Crippen LogP contribution >= 0.6 is 24.0 Å². The van der Waals surface area contributed by atoms with Crippen molar-refractivity contribution in [2.45, 2.75) is 39.2 Å². The van der Waals surface area contributed by atoms with E-state index in [9.17, 15) is 0 Å². The lowest BCUT2D eigenvalue weighted by atomic mass is 10.1. The van der Waals surface area contributed by atoms with Crippen LogP contribution in [-0.2, 0) is 13.0 Å². The molecule has 1 aromatic heterocycles. The number of guanidine groups is 1. The highest BCUT2D eigenvalue weighted by Crippen LogP contribution is 2.12. The molecule has 150 valence electrons. The molecule has 0 amide bonds. The van der Waals surface area contributed by atoms with Crippen LogP contribution in [0.4, 0.5) is 0 Å². The van der Waals surface area contributed by atoms with Crippen molar-refractivity contribution in [1.82, 2.24) is 20.4 Å². The molecule has 27 heavy (non-hydrogen) atoms. The third-order valence-electron chi connectivity index (χ3n) is 4.04. The number of hydrogen-bond donors (Lipinski definition) is 2. The molecule has 1 aromatic carbocycles. The lowest BCUT2D eigenvalue weighted by molar-refractivity contribution is 0.309. The Morgan fingerprint density at radius 3 is 2.59 bits per heavy atom. The molecule has 0 fully saturated rings. The fraction of sp³-hybridized carbons (Fsp3) is 0.500. The molecule has 7 heteroatoms. The van der Waals surface area contributed by atoms with Gasteiger partial charge in [-0.2, -0.15) is 5.10 Å². The zero-order valence-corrected chi connectivity index (χ0v) is 18.7. The van der Waals surface area contributed by atoms with Gasteiger partial charge in [0, 0.05) is 39.1 Å². The number of aliphatic imine (C=N–C) groups is 1. The largest absolute Gasteiger partial charge is 0.494 e. The topological polar surface area (TPSA) is 63.5 Å². The minimum Gasteiger partial charge on any atom is -0.494 e. The molecule has 2 rings (SSSR count). The average Bonchev–Trinajstić information content (AvgIpc) is 3.18. The molecule has 0 unspecified atom stereocenters. The van der Waals surface area contributed by atoms with E-state index in [4.69, 9.17) is 4.74 Å². The highest BCUT2D eigenvalue weighted by Gasteiger charge is 1.99. The van der Waals surface area contributed by atoms with Gasteiger partial charge in [0.15, 0.2) is 5.96 Å². The van der Waals surface area contributed by atoms with Gasteiger partial charge in [-0.05, 0) is 43.0 Å². The average molecular weight is 485 g/mol. The molecule has 0 bridgehead atoms. The van der Waals surface area contributed by atoms with Gasteiger partial charge in [0.05, 0.1) is 6.61 Å². The van der Waals surface area contributed by atoms with Gasteiger partial charge in [-0.3, -0.25) is 9.67 Å². The molecule has 0 aliphatic carbocycles. The molecule has 2 N–H and O–H groups in total. The van der Waals surface area contributed by atoms with Crippen molar-refractivity contribution >= 4 is 29.9 Å². The normalized spacial score (nSPS) is 11.0. The SMILES string of the molecule is CCCCOc1ccc(CCNC(=NC)NCCCn2cccn2)cc1.I. The van der Waals surface area contributed by atoms with E-state index in [1.165, 1.54) is 5.56 Å². The van der Waals surface area contributed by atoms with E-state index < -0.39 is 0 Å². The third kappa shape index (κ3) is 9.65. The smallest absolute Gasteiger partial charge is 0.190 e. The van der Waals surface area contributed by atoms with Gasteiger partial charge in [-0.25, -0.2) is 0 Å². The van der Waals surface area contributed by atoms with Crippen LogP contribution in [0.15, 0.2) is 47.7 Å². The lowest BCUT2D eigenvalue weighted by Gasteiger charge is -2.12. The van der Waals surface area contributed by atoms with E-state index >= 15 is 0 Å². The van der Waals surface area contributed by atoms with Crippen molar-refractivity contribution in [3.05, 3.63) is 48.3 Å². The summed E-state index contributed by atoms with van der Waals surface area (Å²) in [7, 11) is 1.80. The molecular formula is C20H32IN5O. The van der Waals surface area contributed by atoms with Crippen LogP contribution < -0.4 is 15.4 Å². The molecule has 6 nitrogen and oxygen atoms in total. The minimum absolute atomic E-state index is 0. The predicted molar refractivity (Wildman–Crippen MR) is 122 cm³/mol. The van der Waals surface area contributed by atoms with Crippen molar-refractivity contribution < 1.29 is 4.74 Å². The molecule has 1 heterocycles. The van der Waals surface area contributed by atoms with Gasteiger partial charge in [-0.15, -0.1) is 24.0 Å². The Hall–Kier alpha value is -1.77. The van der Waals surface area contributed by atoms with Crippen LogP contribution in [0.2, 0.25) is 0 Å². The fourth-order valence-corrected chi connectivity index (χ4v) is 2.51. The molecule has 0 aliphatic rings. The Labute approximate surface area is 179 Å². The molecule has 0 aliphatic heterocycles. The number of nitrogens with zero attached hydrogens (tertiary/aromatic N) is 3. The number of halogens is 1. The Morgan fingerprint density at radius 2 is 1.93 bits per heavy atom. The summed E-state index contributed by atoms with van der Waals surface area (Å²) in [6, 6.07) is 10.3. The van der Waals surface area contributed by atoms with Gasteiger partial charge in [-0.1, -0.05) is 25.5 Å². The van der Waals surface area contributed by atoms with Crippen LogP contribution in [0.5, 0.6) is 5.75 Å². The monoisotopic (exact) mass is 485 g/mol. The van der Waals surface area contributed by atoms with Gasteiger partial charge in [0.1, 0.15) is 5.75 Å². The first kappa shape index (κ1) is 23.3. The van der Waals surface area contributed by atoms with Crippen LogP contribution in [-0.4, -0.2) is 42.5 Å². The molecule has 2 aromatic rings. The van der Waals surface area contributed by atoms with Crippen LogP contribution in [0, 0.1) is 0 Å². The van der Waals surface area contributed by atoms with Crippen LogP contribution in [0.1, 0.15) is 31.7 Å². The second kappa shape index (κ2) is 14.3. The van der Waals surface area contributed by atoms with Gasteiger partial charge < -0.3 is 15.4 Å². The third-order valence-corrected chi connectivity index (χ3v) is 4.04. The molecule has 0 saturated heterocycles. The standard InChI is InChI=1S/C20H31N5O.HI/c1-3-4-17-26-19-9-7-18(8-10-19)11-14-23-20(21-2)22-12-5-15-25-16-6-13-24-25;/h6-10,13,16H,3-5,11-12,14-15,17H2,1-2H3,(H2,21,22,23);1H. The van der Waals surface area contributed by atoms with Gasteiger partial charge in [0.2, 0.25) is 0 Å². The van der Waals surface area contributed by atoms with Gasteiger partial charge >= 0.3 is 0 Å². The number of aromatic nitrogens is 2. The maximum atomic E-state index is 5.69. The molecule has 0 saturated carbocycles. The zero-order valence-electron chi connectivity index (χ0n) is 16.4. The van der Waals surface area contributed by atoms with E-state index in [1.54, 1.807) is 13.2 Å². The minimum atomic E-state index is 0. The van der Waals surface area contributed by atoms with Crippen molar-refractivity contribution in [2.24, 2.45) is 4.99 Å². The first-order valence-corrected chi connectivity index (χ1v) is 9.45. The Morgan fingerprint density at radius 1 is 1.15 bits per heavy atom. The number of hydrogen-bond acceptors (Lipinski definition) is 3.